The van der Waals surface area contributed by atoms with Crippen molar-refractivity contribution in [2.75, 3.05) is 12.8 Å². The number of rotatable bonds is 10. The fourth-order valence-electron chi connectivity index (χ4n) is 3.25. The standard InChI is InChI=1S/C21H28N6O2S/c1-15(2)13-27-18(24-25-21(27)30-3)9-6-11-22-19(28)10-12-26-14-23-17-8-5-4-7-16(17)20(26)29/h4-5,7-8,14-15H,6,9-13H2,1-3H3,(H,22,28). The molecule has 0 aliphatic heterocycles. The van der Waals surface area contributed by atoms with Crippen LogP contribution in [0, 0.1) is 5.92 Å². The molecule has 1 amide bonds. The van der Waals surface area contributed by atoms with E-state index < -0.39 is 0 Å². The van der Waals surface area contributed by atoms with Gasteiger partial charge in [0.05, 0.1) is 17.2 Å². The molecule has 160 valence electrons. The lowest BCUT2D eigenvalue weighted by Gasteiger charge is -2.12. The van der Waals surface area contributed by atoms with E-state index in [4.69, 9.17) is 0 Å². The predicted octanol–water partition coefficient (Wildman–Crippen LogP) is 2.50. The fourth-order valence-corrected chi connectivity index (χ4v) is 3.78. The molecule has 8 nitrogen and oxygen atoms in total. The van der Waals surface area contributed by atoms with Gasteiger partial charge in [-0.25, -0.2) is 4.98 Å². The maximum absolute atomic E-state index is 12.5. The van der Waals surface area contributed by atoms with Crippen LogP contribution < -0.4 is 10.9 Å². The van der Waals surface area contributed by atoms with Gasteiger partial charge in [0.2, 0.25) is 5.91 Å². The van der Waals surface area contributed by atoms with Crippen LogP contribution in [-0.4, -0.2) is 43.0 Å². The van der Waals surface area contributed by atoms with Crippen molar-refractivity contribution < 1.29 is 4.79 Å². The fraction of sp³-hybridized carbons (Fsp3) is 0.476. The van der Waals surface area contributed by atoms with Crippen molar-refractivity contribution in [2.45, 2.75) is 51.4 Å². The van der Waals surface area contributed by atoms with Crippen molar-refractivity contribution in [3.05, 3.63) is 46.8 Å². The molecule has 0 atom stereocenters. The van der Waals surface area contributed by atoms with Gasteiger partial charge in [-0.15, -0.1) is 10.2 Å². The lowest BCUT2D eigenvalue weighted by molar-refractivity contribution is -0.121. The van der Waals surface area contributed by atoms with Crippen LogP contribution >= 0.6 is 11.8 Å². The van der Waals surface area contributed by atoms with E-state index in [0.29, 0.717) is 29.9 Å². The van der Waals surface area contributed by atoms with Gasteiger partial charge >= 0.3 is 0 Å². The highest BCUT2D eigenvalue weighted by Crippen LogP contribution is 2.16. The monoisotopic (exact) mass is 428 g/mol. The van der Waals surface area contributed by atoms with Crippen LogP contribution in [0.1, 0.15) is 32.5 Å². The Hall–Kier alpha value is -2.68. The molecule has 30 heavy (non-hydrogen) atoms. The molecule has 0 unspecified atom stereocenters. The number of aromatic nitrogens is 5. The molecule has 3 rings (SSSR count). The summed E-state index contributed by atoms with van der Waals surface area (Å²) in [6, 6.07) is 7.21. The molecule has 9 heteroatoms. The largest absolute Gasteiger partial charge is 0.356 e. The van der Waals surface area contributed by atoms with Gasteiger partial charge in [0.25, 0.3) is 5.56 Å². The van der Waals surface area contributed by atoms with E-state index >= 15 is 0 Å². The lowest BCUT2D eigenvalue weighted by Crippen LogP contribution is -2.28. The van der Waals surface area contributed by atoms with Crippen LogP contribution in [0.2, 0.25) is 0 Å². The number of hydrogen-bond acceptors (Lipinski definition) is 6. The number of nitrogens with zero attached hydrogens (tertiary/aromatic N) is 5. The van der Waals surface area contributed by atoms with Crippen molar-refractivity contribution in [2.24, 2.45) is 5.92 Å². The smallest absolute Gasteiger partial charge is 0.261 e. The summed E-state index contributed by atoms with van der Waals surface area (Å²) in [7, 11) is 0. The van der Waals surface area contributed by atoms with Crippen LogP contribution in [0.15, 0.2) is 40.5 Å². The maximum Gasteiger partial charge on any atom is 0.261 e. The third-order valence-corrected chi connectivity index (χ3v) is 5.40. The lowest BCUT2D eigenvalue weighted by atomic mass is 10.2. The number of amides is 1. The first-order chi connectivity index (χ1) is 14.5. The Morgan fingerprint density at radius 2 is 2.03 bits per heavy atom. The van der Waals surface area contributed by atoms with Crippen LogP contribution in [0.25, 0.3) is 10.9 Å². The molecule has 0 aliphatic rings. The van der Waals surface area contributed by atoms with Gasteiger partial charge in [-0.05, 0) is 30.7 Å². The van der Waals surface area contributed by atoms with Crippen LogP contribution in [-0.2, 0) is 24.3 Å². The van der Waals surface area contributed by atoms with E-state index in [1.54, 1.807) is 23.9 Å². The number of aryl methyl sites for hydroxylation is 2. The van der Waals surface area contributed by atoms with E-state index in [2.05, 4.69) is 38.9 Å². The molecule has 2 heterocycles. The molecule has 0 fully saturated rings. The molecule has 0 spiro atoms. The van der Waals surface area contributed by atoms with E-state index in [1.165, 1.54) is 10.9 Å². The minimum absolute atomic E-state index is 0.0801. The number of benzene rings is 1. The summed E-state index contributed by atoms with van der Waals surface area (Å²) in [5, 5.41) is 13.0. The highest BCUT2D eigenvalue weighted by atomic mass is 32.2. The van der Waals surface area contributed by atoms with Gasteiger partial charge in [-0.2, -0.15) is 0 Å². The third kappa shape index (κ3) is 5.47. The number of hydrogen-bond donors (Lipinski definition) is 1. The molecule has 0 saturated carbocycles. The Kier molecular flexibility index (Phi) is 7.62. The van der Waals surface area contributed by atoms with Crippen molar-refractivity contribution in [1.29, 1.82) is 0 Å². The summed E-state index contributed by atoms with van der Waals surface area (Å²) in [5.41, 5.74) is 0.542. The molecular formula is C21H28N6O2S. The first-order valence-corrected chi connectivity index (χ1v) is 11.4. The Morgan fingerprint density at radius 1 is 1.23 bits per heavy atom. The molecule has 3 aromatic rings. The molecule has 1 N–H and O–H groups in total. The molecule has 0 bridgehead atoms. The summed E-state index contributed by atoms with van der Waals surface area (Å²) in [6.07, 6.45) is 5.28. The average molecular weight is 429 g/mol. The first-order valence-electron chi connectivity index (χ1n) is 10.2. The van der Waals surface area contributed by atoms with Crippen molar-refractivity contribution in [3.63, 3.8) is 0 Å². The zero-order valence-electron chi connectivity index (χ0n) is 17.7. The molecule has 2 aromatic heterocycles. The van der Waals surface area contributed by atoms with E-state index in [0.717, 1.165) is 30.4 Å². The summed E-state index contributed by atoms with van der Waals surface area (Å²) < 4.78 is 3.65. The first kappa shape index (κ1) is 22.0. The molecule has 0 aliphatic carbocycles. The number of nitrogens with one attached hydrogen (secondary N) is 1. The van der Waals surface area contributed by atoms with Gasteiger partial charge in [-0.3, -0.25) is 14.2 Å². The highest BCUT2D eigenvalue weighted by molar-refractivity contribution is 7.98. The zero-order chi connectivity index (χ0) is 21.5. The number of thioether (sulfide) groups is 1. The Morgan fingerprint density at radius 3 is 2.80 bits per heavy atom. The zero-order valence-corrected chi connectivity index (χ0v) is 18.5. The molecule has 0 radical (unpaired) electrons. The predicted molar refractivity (Wildman–Crippen MR) is 119 cm³/mol. The number of carbonyl (C=O) groups excluding carboxylic acids is 1. The summed E-state index contributed by atoms with van der Waals surface area (Å²) >= 11 is 1.60. The number of fused-ring (bicyclic) bond motifs is 1. The van der Waals surface area contributed by atoms with Gasteiger partial charge < -0.3 is 9.88 Å². The Labute approximate surface area is 180 Å². The highest BCUT2D eigenvalue weighted by Gasteiger charge is 2.12. The van der Waals surface area contributed by atoms with Crippen LogP contribution in [0.5, 0.6) is 0 Å². The van der Waals surface area contributed by atoms with Crippen LogP contribution in [0.3, 0.4) is 0 Å². The number of carbonyl (C=O) groups is 1. The molecule has 1 aromatic carbocycles. The maximum atomic E-state index is 12.5. The quantitative estimate of drug-likeness (QED) is 0.394. The SMILES string of the molecule is CSc1nnc(CCCNC(=O)CCn2cnc3ccccc3c2=O)n1CC(C)C. The van der Waals surface area contributed by atoms with Crippen molar-refractivity contribution in [3.8, 4) is 0 Å². The van der Waals surface area contributed by atoms with Crippen LogP contribution in [0.4, 0.5) is 0 Å². The second-order valence-electron chi connectivity index (χ2n) is 7.57. The summed E-state index contributed by atoms with van der Waals surface area (Å²) in [6.45, 7) is 6.10. The second kappa shape index (κ2) is 10.4. The number of para-hydroxylation sites is 1. The van der Waals surface area contributed by atoms with Crippen molar-refractivity contribution >= 4 is 28.6 Å². The third-order valence-electron chi connectivity index (χ3n) is 4.73. The van der Waals surface area contributed by atoms with Crippen molar-refractivity contribution in [1.82, 2.24) is 29.6 Å². The Bertz CT molecular complexity index is 1060. The minimum Gasteiger partial charge on any atom is -0.356 e. The second-order valence-corrected chi connectivity index (χ2v) is 8.34. The summed E-state index contributed by atoms with van der Waals surface area (Å²) in [4.78, 5) is 28.9. The average Bonchev–Trinajstić information content (AvgIpc) is 3.11. The van der Waals surface area contributed by atoms with E-state index in [-0.39, 0.29) is 17.9 Å². The topological polar surface area (TPSA) is 94.7 Å². The van der Waals surface area contributed by atoms with Gasteiger partial charge in [-0.1, -0.05) is 37.7 Å². The molecular weight excluding hydrogens is 400 g/mol. The van der Waals surface area contributed by atoms with Gasteiger partial charge in [0.15, 0.2) is 5.16 Å². The Balaban J connectivity index is 1.47. The van der Waals surface area contributed by atoms with Gasteiger partial charge in [0.1, 0.15) is 5.82 Å². The van der Waals surface area contributed by atoms with Gasteiger partial charge in [0, 0.05) is 32.5 Å². The van der Waals surface area contributed by atoms with E-state index in [9.17, 15) is 9.59 Å². The normalized spacial score (nSPS) is 11.3. The van der Waals surface area contributed by atoms with E-state index in [1.807, 2.05) is 18.4 Å². The molecule has 0 saturated heterocycles. The minimum atomic E-state index is -0.123. The summed E-state index contributed by atoms with van der Waals surface area (Å²) in [5.74, 6) is 1.39.